The molecule has 0 radical (unpaired) electrons. The Morgan fingerprint density at radius 3 is 2.90 bits per heavy atom. The van der Waals surface area contributed by atoms with Gasteiger partial charge in [0.2, 0.25) is 5.91 Å². The third-order valence-corrected chi connectivity index (χ3v) is 4.88. The first-order chi connectivity index (χ1) is 9.58. The molecule has 1 aromatic rings. The molecule has 2 rings (SSSR count). The van der Waals surface area contributed by atoms with Gasteiger partial charge in [0, 0.05) is 17.6 Å². The molecule has 1 aliphatic heterocycles. The second-order valence-corrected chi connectivity index (χ2v) is 6.26. The van der Waals surface area contributed by atoms with Gasteiger partial charge in [0.25, 0.3) is 0 Å². The van der Waals surface area contributed by atoms with Gasteiger partial charge in [-0.15, -0.1) is 0 Å². The first kappa shape index (κ1) is 16.0. The van der Waals surface area contributed by atoms with Crippen molar-refractivity contribution in [3.8, 4) is 0 Å². The number of halogens is 3. The van der Waals surface area contributed by atoms with Crippen LogP contribution >= 0.6 is 39.1 Å². The van der Waals surface area contributed by atoms with E-state index < -0.39 is 0 Å². The maximum atomic E-state index is 12.1. The van der Waals surface area contributed by atoms with Crippen LogP contribution in [0.5, 0.6) is 0 Å². The van der Waals surface area contributed by atoms with Crippen molar-refractivity contribution < 1.29 is 4.79 Å². The van der Waals surface area contributed by atoms with Crippen molar-refractivity contribution >= 4 is 50.7 Å². The number of rotatable bonds is 3. The van der Waals surface area contributed by atoms with Gasteiger partial charge in [-0.3, -0.25) is 9.69 Å². The number of anilines is 1. The number of amides is 1. The van der Waals surface area contributed by atoms with Gasteiger partial charge in [-0.2, -0.15) is 0 Å². The molecule has 1 heterocycles. The molecule has 1 amide bonds. The van der Waals surface area contributed by atoms with Crippen LogP contribution in [0.25, 0.3) is 0 Å². The molecule has 4 nitrogen and oxygen atoms in total. The highest BCUT2D eigenvalue weighted by Gasteiger charge is 2.15. The van der Waals surface area contributed by atoms with Crippen LogP contribution < -0.4 is 10.6 Å². The van der Waals surface area contributed by atoms with Gasteiger partial charge < -0.3 is 10.6 Å². The van der Waals surface area contributed by atoms with E-state index in [-0.39, 0.29) is 5.91 Å². The van der Waals surface area contributed by atoms with E-state index in [2.05, 4.69) is 31.5 Å². The summed E-state index contributed by atoms with van der Waals surface area (Å²) in [4.78, 5) is 14.2. The molecule has 1 fully saturated rings. The van der Waals surface area contributed by atoms with E-state index in [0.717, 1.165) is 32.6 Å². The Morgan fingerprint density at radius 2 is 2.10 bits per heavy atom. The summed E-state index contributed by atoms with van der Waals surface area (Å²) in [6.45, 7) is 4.09. The molecule has 1 saturated heterocycles. The molecule has 0 atom stereocenters. The Balaban J connectivity index is 1.95. The third-order valence-electron chi connectivity index (χ3n) is 3.11. The maximum Gasteiger partial charge on any atom is 0.238 e. The fraction of sp³-hybridized carbons (Fsp3) is 0.462. The lowest BCUT2D eigenvalue weighted by molar-refractivity contribution is -0.117. The van der Waals surface area contributed by atoms with E-state index in [1.54, 1.807) is 12.1 Å². The maximum absolute atomic E-state index is 12.1. The summed E-state index contributed by atoms with van der Waals surface area (Å²) in [5, 5.41) is 6.87. The molecular formula is C13H16BrCl2N3O. The lowest BCUT2D eigenvalue weighted by Gasteiger charge is -2.19. The lowest BCUT2D eigenvalue weighted by Crippen LogP contribution is -2.35. The Kier molecular flexibility index (Phi) is 6.11. The number of nitrogens with zero attached hydrogens (tertiary/aromatic N) is 1. The second-order valence-electron chi connectivity index (χ2n) is 4.65. The van der Waals surface area contributed by atoms with Crippen LogP contribution in [0.3, 0.4) is 0 Å². The largest absolute Gasteiger partial charge is 0.324 e. The average Bonchev–Trinajstić information content (AvgIpc) is 2.68. The quantitative estimate of drug-likeness (QED) is 0.792. The highest BCUT2D eigenvalue weighted by Crippen LogP contribution is 2.35. The number of carbonyl (C=O) groups excluding carboxylic acids is 1. The number of carbonyl (C=O) groups is 1. The van der Waals surface area contributed by atoms with E-state index in [1.807, 2.05) is 0 Å². The Morgan fingerprint density at radius 1 is 1.30 bits per heavy atom. The predicted molar refractivity (Wildman–Crippen MR) is 86.7 cm³/mol. The van der Waals surface area contributed by atoms with Crippen LogP contribution in [0.1, 0.15) is 6.42 Å². The van der Waals surface area contributed by atoms with Gasteiger partial charge in [-0.05, 0) is 47.6 Å². The number of nitrogens with one attached hydrogen (secondary N) is 2. The van der Waals surface area contributed by atoms with Crippen LogP contribution in [-0.4, -0.2) is 43.5 Å². The van der Waals surface area contributed by atoms with E-state index >= 15 is 0 Å². The van der Waals surface area contributed by atoms with Gasteiger partial charge in [0.1, 0.15) is 0 Å². The van der Waals surface area contributed by atoms with Gasteiger partial charge in [-0.1, -0.05) is 23.2 Å². The zero-order valence-electron chi connectivity index (χ0n) is 10.9. The average molecular weight is 381 g/mol. The molecule has 1 aromatic carbocycles. The first-order valence-corrected chi connectivity index (χ1v) is 7.99. The van der Waals surface area contributed by atoms with Crippen LogP contribution in [0.15, 0.2) is 16.6 Å². The Hall–Kier alpha value is -0.330. The van der Waals surface area contributed by atoms with Crippen LogP contribution in [0, 0.1) is 0 Å². The van der Waals surface area contributed by atoms with Crippen LogP contribution in [-0.2, 0) is 4.79 Å². The summed E-state index contributed by atoms with van der Waals surface area (Å²) in [5.74, 6) is -0.0767. The smallest absolute Gasteiger partial charge is 0.238 e. The summed E-state index contributed by atoms with van der Waals surface area (Å²) >= 11 is 15.4. The van der Waals surface area contributed by atoms with Crippen LogP contribution in [0.4, 0.5) is 5.69 Å². The fourth-order valence-corrected chi connectivity index (χ4v) is 2.90. The summed E-state index contributed by atoms with van der Waals surface area (Å²) in [5.41, 5.74) is 0.540. The minimum atomic E-state index is -0.0767. The highest BCUT2D eigenvalue weighted by molar-refractivity contribution is 9.10. The minimum absolute atomic E-state index is 0.0767. The highest BCUT2D eigenvalue weighted by atomic mass is 79.9. The number of hydrogen-bond acceptors (Lipinski definition) is 3. The van der Waals surface area contributed by atoms with E-state index in [4.69, 9.17) is 23.2 Å². The molecule has 110 valence electrons. The Labute approximate surface area is 136 Å². The molecule has 0 spiro atoms. The molecule has 1 aliphatic rings. The summed E-state index contributed by atoms with van der Waals surface area (Å²) in [6.07, 6.45) is 1.05. The van der Waals surface area contributed by atoms with Crippen molar-refractivity contribution in [2.75, 3.05) is 38.0 Å². The van der Waals surface area contributed by atoms with Gasteiger partial charge in [0.15, 0.2) is 0 Å². The standard InChI is InChI=1S/C13H16BrCl2N3O/c14-9-2-3-10(13(16)12(9)15)18-11(20)8-19-6-1-4-17-5-7-19/h2-3,17H,1,4-8H2,(H,18,20). The van der Waals surface area contributed by atoms with Gasteiger partial charge in [0.05, 0.1) is 22.3 Å². The van der Waals surface area contributed by atoms with E-state index in [9.17, 15) is 4.79 Å². The number of benzene rings is 1. The normalized spacial score (nSPS) is 16.8. The monoisotopic (exact) mass is 379 g/mol. The first-order valence-electron chi connectivity index (χ1n) is 6.44. The predicted octanol–water partition coefficient (Wildman–Crippen LogP) is 2.99. The molecule has 20 heavy (non-hydrogen) atoms. The molecule has 0 saturated carbocycles. The van der Waals surface area contributed by atoms with Crippen LogP contribution in [0.2, 0.25) is 10.0 Å². The zero-order chi connectivity index (χ0) is 14.5. The Bertz CT molecular complexity index is 491. The topological polar surface area (TPSA) is 44.4 Å². The number of hydrogen-bond donors (Lipinski definition) is 2. The molecule has 7 heteroatoms. The van der Waals surface area contributed by atoms with Crippen molar-refractivity contribution in [3.05, 3.63) is 26.7 Å². The molecular weight excluding hydrogens is 365 g/mol. The summed E-state index contributed by atoms with van der Waals surface area (Å²) < 4.78 is 0.709. The molecule has 0 aromatic heterocycles. The van der Waals surface area contributed by atoms with Crippen molar-refractivity contribution in [2.24, 2.45) is 0 Å². The van der Waals surface area contributed by atoms with Gasteiger partial charge >= 0.3 is 0 Å². The molecule has 2 N–H and O–H groups in total. The summed E-state index contributed by atoms with van der Waals surface area (Å²) in [7, 11) is 0. The van der Waals surface area contributed by atoms with E-state index in [0.29, 0.717) is 26.8 Å². The lowest BCUT2D eigenvalue weighted by atomic mass is 10.3. The minimum Gasteiger partial charge on any atom is -0.324 e. The van der Waals surface area contributed by atoms with Gasteiger partial charge in [-0.25, -0.2) is 0 Å². The van der Waals surface area contributed by atoms with Crippen molar-refractivity contribution in [1.29, 1.82) is 0 Å². The fourth-order valence-electron chi connectivity index (χ4n) is 2.08. The molecule has 0 unspecified atom stereocenters. The third kappa shape index (κ3) is 4.33. The second kappa shape index (κ2) is 7.61. The van der Waals surface area contributed by atoms with Crippen molar-refractivity contribution in [1.82, 2.24) is 10.2 Å². The zero-order valence-corrected chi connectivity index (χ0v) is 14.0. The molecule has 0 aliphatic carbocycles. The van der Waals surface area contributed by atoms with E-state index in [1.165, 1.54) is 0 Å². The SMILES string of the molecule is O=C(CN1CCCNCC1)Nc1ccc(Br)c(Cl)c1Cl. The molecule has 0 bridgehead atoms. The summed E-state index contributed by atoms with van der Waals surface area (Å²) in [6, 6.07) is 3.50. The van der Waals surface area contributed by atoms with Crippen molar-refractivity contribution in [2.45, 2.75) is 6.42 Å². The van der Waals surface area contributed by atoms with Crippen molar-refractivity contribution in [3.63, 3.8) is 0 Å².